The van der Waals surface area contributed by atoms with Gasteiger partial charge in [0.05, 0.1) is 12.1 Å². The van der Waals surface area contributed by atoms with E-state index in [1.165, 1.54) is 0 Å². The van der Waals surface area contributed by atoms with Crippen LogP contribution in [0.25, 0.3) is 0 Å². The Hall–Kier alpha value is -1.85. The second-order valence-corrected chi connectivity index (χ2v) is 5.13. The van der Waals surface area contributed by atoms with Crippen molar-refractivity contribution in [3.8, 4) is 0 Å². The van der Waals surface area contributed by atoms with Crippen molar-refractivity contribution in [1.82, 2.24) is 15.1 Å². The molecule has 0 bridgehead atoms. The van der Waals surface area contributed by atoms with E-state index in [4.69, 9.17) is 5.11 Å². The van der Waals surface area contributed by atoms with E-state index in [-0.39, 0.29) is 24.9 Å². The molecule has 0 spiro atoms. The van der Waals surface area contributed by atoms with Gasteiger partial charge in [0.25, 0.3) is 0 Å². The number of nitrogens with zero attached hydrogens (tertiary/aromatic N) is 2. The zero-order chi connectivity index (χ0) is 15.3. The maximum Gasteiger partial charge on any atom is 0.307 e. The number of carboxylic acids is 1. The van der Waals surface area contributed by atoms with Crippen molar-refractivity contribution in [3.05, 3.63) is 17.0 Å². The largest absolute Gasteiger partial charge is 0.481 e. The third-order valence-electron chi connectivity index (χ3n) is 3.28. The zero-order valence-electron chi connectivity index (χ0n) is 12.6. The van der Waals surface area contributed by atoms with E-state index >= 15 is 0 Å². The number of nitrogens with one attached hydrogen (secondary N) is 1. The lowest BCUT2D eigenvalue weighted by Crippen LogP contribution is -2.35. The molecule has 1 amide bonds. The van der Waals surface area contributed by atoms with Crippen molar-refractivity contribution < 1.29 is 14.7 Å². The van der Waals surface area contributed by atoms with Gasteiger partial charge in [-0.15, -0.1) is 0 Å². The van der Waals surface area contributed by atoms with Crippen LogP contribution >= 0.6 is 0 Å². The molecule has 1 rings (SSSR count). The summed E-state index contributed by atoms with van der Waals surface area (Å²) < 4.78 is 1.57. The van der Waals surface area contributed by atoms with E-state index in [0.717, 1.165) is 18.5 Å². The summed E-state index contributed by atoms with van der Waals surface area (Å²) in [6, 6.07) is 0.142. The predicted octanol–water partition coefficient (Wildman–Crippen LogP) is 1.43. The summed E-state index contributed by atoms with van der Waals surface area (Å²) in [7, 11) is 0. The fraction of sp³-hybridized carbons (Fsp3) is 0.643. The molecule has 0 saturated heterocycles. The fourth-order valence-corrected chi connectivity index (χ4v) is 2.26. The lowest BCUT2D eigenvalue weighted by atomic mass is 10.1. The Kier molecular flexibility index (Phi) is 5.73. The molecule has 0 aromatic carbocycles. The lowest BCUT2D eigenvalue weighted by molar-refractivity contribution is -0.136. The van der Waals surface area contributed by atoms with E-state index < -0.39 is 5.97 Å². The lowest BCUT2D eigenvalue weighted by Gasteiger charge is -2.13. The predicted molar refractivity (Wildman–Crippen MR) is 75.6 cm³/mol. The van der Waals surface area contributed by atoms with Crippen LogP contribution in [-0.4, -0.2) is 32.8 Å². The minimum Gasteiger partial charge on any atom is -0.481 e. The molecule has 1 atom stereocenters. The molecule has 6 heteroatoms. The van der Waals surface area contributed by atoms with Crippen molar-refractivity contribution in [1.29, 1.82) is 0 Å². The van der Waals surface area contributed by atoms with Crippen LogP contribution in [0.1, 0.15) is 43.6 Å². The summed E-state index contributed by atoms with van der Waals surface area (Å²) >= 11 is 0. The molecule has 1 aromatic heterocycles. The zero-order valence-corrected chi connectivity index (χ0v) is 12.6. The number of carboxylic acid groups (broad SMARTS) is 1. The Labute approximate surface area is 119 Å². The Bertz CT molecular complexity index is 494. The molecule has 20 heavy (non-hydrogen) atoms. The van der Waals surface area contributed by atoms with Crippen LogP contribution in [0.2, 0.25) is 0 Å². The highest BCUT2D eigenvalue weighted by Crippen LogP contribution is 2.13. The third-order valence-corrected chi connectivity index (χ3v) is 3.28. The van der Waals surface area contributed by atoms with Crippen LogP contribution in [0.4, 0.5) is 0 Å². The van der Waals surface area contributed by atoms with E-state index in [9.17, 15) is 9.59 Å². The molecule has 1 aromatic rings. The highest BCUT2D eigenvalue weighted by molar-refractivity contribution is 5.76. The van der Waals surface area contributed by atoms with Crippen molar-refractivity contribution in [2.24, 2.45) is 0 Å². The highest BCUT2D eigenvalue weighted by Gasteiger charge is 2.16. The first-order valence-corrected chi connectivity index (χ1v) is 6.89. The van der Waals surface area contributed by atoms with E-state index in [1.807, 2.05) is 6.92 Å². The van der Waals surface area contributed by atoms with Gasteiger partial charge in [-0.2, -0.15) is 5.10 Å². The molecule has 0 radical (unpaired) electrons. The van der Waals surface area contributed by atoms with Crippen LogP contribution in [0.5, 0.6) is 0 Å². The van der Waals surface area contributed by atoms with Crippen molar-refractivity contribution in [3.63, 3.8) is 0 Å². The van der Waals surface area contributed by atoms with Gasteiger partial charge in [0.2, 0.25) is 5.91 Å². The topological polar surface area (TPSA) is 84.2 Å². The minimum absolute atomic E-state index is 0.0640. The number of aliphatic carboxylic acids is 1. The number of rotatable bonds is 7. The molecule has 0 aliphatic heterocycles. The van der Waals surface area contributed by atoms with Crippen molar-refractivity contribution in [2.45, 2.75) is 59.5 Å². The van der Waals surface area contributed by atoms with Crippen LogP contribution in [0.3, 0.4) is 0 Å². The Morgan fingerprint density at radius 3 is 2.60 bits per heavy atom. The van der Waals surface area contributed by atoms with Crippen molar-refractivity contribution in [2.75, 3.05) is 0 Å². The summed E-state index contributed by atoms with van der Waals surface area (Å²) in [5.74, 6) is -0.991. The maximum absolute atomic E-state index is 11.9. The number of carbonyl (C=O) groups excluding carboxylic acids is 1. The number of carbonyl (C=O) groups is 2. The maximum atomic E-state index is 11.9. The van der Waals surface area contributed by atoms with Gasteiger partial charge in [-0.1, -0.05) is 13.3 Å². The van der Waals surface area contributed by atoms with Gasteiger partial charge >= 0.3 is 5.97 Å². The Morgan fingerprint density at radius 2 is 2.05 bits per heavy atom. The van der Waals surface area contributed by atoms with Gasteiger partial charge in [-0.25, -0.2) is 0 Å². The van der Waals surface area contributed by atoms with E-state index in [0.29, 0.717) is 11.3 Å². The SMILES string of the molecule is CCCC(C)NC(=O)Cn1nc(C)c(CC(=O)O)c1C. The number of aromatic nitrogens is 2. The number of hydrogen-bond donors (Lipinski definition) is 2. The standard InChI is InChI=1S/C14H23N3O3/c1-5-6-9(2)15-13(18)8-17-11(4)12(7-14(19)20)10(3)16-17/h9H,5-8H2,1-4H3,(H,15,18)(H,19,20). The smallest absolute Gasteiger partial charge is 0.307 e. The minimum atomic E-state index is -0.892. The second-order valence-electron chi connectivity index (χ2n) is 5.13. The Morgan fingerprint density at radius 1 is 1.40 bits per heavy atom. The van der Waals surface area contributed by atoms with Crippen molar-refractivity contribution >= 4 is 11.9 Å². The summed E-state index contributed by atoms with van der Waals surface area (Å²) in [5.41, 5.74) is 2.09. The average molecular weight is 281 g/mol. The highest BCUT2D eigenvalue weighted by atomic mass is 16.4. The summed E-state index contributed by atoms with van der Waals surface area (Å²) in [5, 5.41) is 16.0. The molecular weight excluding hydrogens is 258 g/mol. The summed E-state index contributed by atoms with van der Waals surface area (Å²) in [4.78, 5) is 22.7. The summed E-state index contributed by atoms with van der Waals surface area (Å²) in [6.07, 6.45) is 1.89. The molecule has 0 saturated carbocycles. The molecule has 0 aliphatic carbocycles. The van der Waals surface area contributed by atoms with E-state index in [1.54, 1.807) is 18.5 Å². The molecule has 112 valence electrons. The summed E-state index contributed by atoms with van der Waals surface area (Å²) in [6.45, 7) is 7.72. The van der Waals surface area contributed by atoms with Crippen LogP contribution in [-0.2, 0) is 22.6 Å². The Balaban J connectivity index is 2.73. The first-order valence-electron chi connectivity index (χ1n) is 6.89. The van der Waals surface area contributed by atoms with E-state index in [2.05, 4.69) is 17.3 Å². The first kappa shape index (κ1) is 16.2. The normalized spacial score (nSPS) is 12.2. The van der Waals surface area contributed by atoms with Crippen LogP contribution in [0.15, 0.2) is 0 Å². The molecule has 0 fully saturated rings. The monoisotopic (exact) mass is 281 g/mol. The van der Waals surface area contributed by atoms with Crippen LogP contribution < -0.4 is 5.32 Å². The van der Waals surface area contributed by atoms with Gasteiger partial charge in [0.1, 0.15) is 6.54 Å². The quantitative estimate of drug-likeness (QED) is 0.792. The molecule has 1 unspecified atom stereocenters. The molecule has 0 aliphatic rings. The molecule has 6 nitrogen and oxygen atoms in total. The second kappa shape index (κ2) is 7.07. The molecular formula is C14H23N3O3. The molecule has 1 heterocycles. The van der Waals surface area contributed by atoms with Gasteiger partial charge in [0, 0.05) is 17.3 Å². The number of amides is 1. The van der Waals surface area contributed by atoms with Gasteiger partial charge in [-0.3, -0.25) is 14.3 Å². The fourth-order valence-electron chi connectivity index (χ4n) is 2.26. The van der Waals surface area contributed by atoms with Crippen LogP contribution in [0, 0.1) is 13.8 Å². The van der Waals surface area contributed by atoms with Gasteiger partial charge in [-0.05, 0) is 27.2 Å². The first-order chi connectivity index (χ1) is 9.35. The molecule has 2 N–H and O–H groups in total. The van der Waals surface area contributed by atoms with Gasteiger partial charge < -0.3 is 10.4 Å². The number of aryl methyl sites for hydroxylation is 1. The average Bonchev–Trinajstić information content (AvgIpc) is 2.56. The van der Waals surface area contributed by atoms with Gasteiger partial charge in [0.15, 0.2) is 0 Å². The number of hydrogen-bond acceptors (Lipinski definition) is 3. The third kappa shape index (κ3) is 4.36.